The van der Waals surface area contributed by atoms with Gasteiger partial charge in [0.1, 0.15) is 0 Å². The molecule has 1 fully saturated rings. The molecule has 0 aromatic heterocycles. The molecule has 4 rings (SSSR count). The van der Waals surface area contributed by atoms with Crippen LogP contribution in [-0.2, 0) is 5.41 Å². The highest BCUT2D eigenvalue weighted by Crippen LogP contribution is 2.32. The van der Waals surface area contributed by atoms with Crippen molar-refractivity contribution in [1.82, 2.24) is 0 Å². The maximum absolute atomic E-state index is 12.7. The zero-order valence-corrected chi connectivity index (χ0v) is 23.7. The van der Waals surface area contributed by atoms with Gasteiger partial charge in [0.25, 0.3) is 0 Å². The van der Waals surface area contributed by atoms with E-state index in [1.807, 2.05) is 55.5 Å². The maximum Gasteiger partial charge on any atom is 0.193 e. The largest absolute Gasteiger partial charge is 0.289 e. The standard InChI is InChI=1S/C26H24O.C10H20/c1-19-8-14-22(15-9-19)25(27)23-7-5-6-21(18-23)11-10-20-12-16-24(17-13-20)26(2,3)4;1-3-9-6-5-7-10(4-2)8-9/h5-9,12-18H,1-4H3;9-10H,3-8H2,1-2H3. The number of rotatable bonds is 4. The average molecular weight is 493 g/mol. The lowest BCUT2D eigenvalue weighted by atomic mass is 9.79. The van der Waals surface area contributed by atoms with Crippen LogP contribution in [0.1, 0.15) is 111 Å². The fraction of sp³-hybridized carbons (Fsp3) is 0.417. The van der Waals surface area contributed by atoms with E-state index in [-0.39, 0.29) is 11.2 Å². The van der Waals surface area contributed by atoms with Gasteiger partial charge in [0.2, 0.25) is 0 Å². The summed E-state index contributed by atoms with van der Waals surface area (Å²) in [7, 11) is 0. The van der Waals surface area contributed by atoms with Crippen LogP contribution in [0.15, 0.2) is 72.8 Å². The van der Waals surface area contributed by atoms with Gasteiger partial charge in [-0.2, -0.15) is 0 Å². The molecule has 1 saturated carbocycles. The lowest BCUT2D eigenvalue weighted by Gasteiger charge is -2.27. The lowest BCUT2D eigenvalue weighted by molar-refractivity contribution is 0.103. The third-order valence-corrected chi connectivity index (χ3v) is 7.59. The number of carbonyl (C=O) groups is 1. The van der Waals surface area contributed by atoms with Gasteiger partial charge < -0.3 is 0 Å². The van der Waals surface area contributed by atoms with Gasteiger partial charge in [-0.05, 0) is 60.4 Å². The zero-order valence-electron chi connectivity index (χ0n) is 23.7. The lowest BCUT2D eigenvalue weighted by Crippen LogP contribution is -2.13. The second-order valence-electron chi connectivity index (χ2n) is 11.6. The van der Waals surface area contributed by atoms with Crippen molar-refractivity contribution in [3.8, 4) is 11.8 Å². The second kappa shape index (κ2) is 13.4. The Bertz CT molecular complexity index is 1190. The minimum absolute atomic E-state index is 0.0215. The molecule has 0 aliphatic heterocycles. The zero-order chi connectivity index (χ0) is 26.8. The molecule has 0 saturated heterocycles. The van der Waals surface area contributed by atoms with Crippen molar-refractivity contribution in [2.75, 3.05) is 0 Å². The van der Waals surface area contributed by atoms with Crippen LogP contribution in [0, 0.1) is 30.6 Å². The van der Waals surface area contributed by atoms with Gasteiger partial charge >= 0.3 is 0 Å². The Labute approximate surface area is 225 Å². The van der Waals surface area contributed by atoms with Gasteiger partial charge in [-0.25, -0.2) is 0 Å². The van der Waals surface area contributed by atoms with E-state index >= 15 is 0 Å². The summed E-state index contributed by atoms with van der Waals surface area (Å²) in [6, 6.07) is 23.5. The molecule has 0 radical (unpaired) electrons. The predicted octanol–water partition coefficient (Wildman–Crippen LogP) is 9.54. The highest BCUT2D eigenvalue weighted by Gasteiger charge is 2.18. The summed E-state index contributed by atoms with van der Waals surface area (Å²) in [6.07, 6.45) is 8.86. The van der Waals surface area contributed by atoms with Gasteiger partial charge in [-0.15, -0.1) is 0 Å². The van der Waals surface area contributed by atoms with Crippen molar-refractivity contribution in [1.29, 1.82) is 0 Å². The fourth-order valence-corrected chi connectivity index (χ4v) is 4.95. The molecular weight excluding hydrogens is 448 g/mol. The van der Waals surface area contributed by atoms with Gasteiger partial charge in [-0.1, -0.05) is 133 Å². The van der Waals surface area contributed by atoms with E-state index in [2.05, 4.69) is 70.7 Å². The smallest absolute Gasteiger partial charge is 0.193 e. The van der Waals surface area contributed by atoms with Crippen LogP contribution in [0.2, 0.25) is 0 Å². The molecule has 0 heterocycles. The van der Waals surface area contributed by atoms with E-state index < -0.39 is 0 Å². The third-order valence-electron chi connectivity index (χ3n) is 7.59. The van der Waals surface area contributed by atoms with Crippen molar-refractivity contribution in [2.24, 2.45) is 11.8 Å². The van der Waals surface area contributed by atoms with Gasteiger partial charge in [0.15, 0.2) is 5.78 Å². The van der Waals surface area contributed by atoms with Crippen LogP contribution in [0.25, 0.3) is 0 Å². The first-order valence-electron chi connectivity index (χ1n) is 14.0. The van der Waals surface area contributed by atoms with Crippen molar-refractivity contribution < 1.29 is 4.79 Å². The summed E-state index contributed by atoms with van der Waals surface area (Å²) in [6.45, 7) is 13.3. The number of hydrogen-bond donors (Lipinski definition) is 0. The van der Waals surface area contributed by atoms with Crippen LogP contribution in [0.4, 0.5) is 0 Å². The molecule has 0 bridgehead atoms. The third kappa shape index (κ3) is 8.75. The Morgan fingerprint density at radius 2 is 1.38 bits per heavy atom. The first kappa shape index (κ1) is 28.5. The van der Waals surface area contributed by atoms with E-state index in [0.29, 0.717) is 11.1 Å². The molecule has 37 heavy (non-hydrogen) atoms. The quantitative estimate of drug-likeness (QED) is 0.262. The van der Waals surface area contributed by atoms with E-state index in [4.69, 9.17) is 0 Å². The van der Waals surface area contributed by atoms with Crippen LogP contribution in [0.3, 0.4) is 0 Å². The molecular formula is C36H44O. The summed E-state index contributed by atoms with van der Waals surface area (Å²) < 4.78 is 0. The number of benzene rings is 3. The predicted molar refractivity (Wildman–Crippen MR) is 158 cm³/mol. The van der Waals surface area contributed by atoms with Crippen LogP contribution in [0.5, 0.6) is 0 Å². The van der Waals surface area contributed by atoms with Gasteiger partial charge in [0, 0.05) is 22.3 Å². The Balaban J connectivity index is 0.000000319. The summed E-state index contributed by atoms with van der Waals surface area (Å²) in [4.78, 5) is 12.7. The summed E-state index contributed by atoms with van der Waals surface area (Å²) >= 11 is 0. The maximum atomic E-state index is 12.7. The van der Waals surface area contributed by atoms with Crippen LogP contribution < -0.4 is 0 Å². The van der Waals surface area contributed by atoms with Crippen LogP contribution in [-0.4, -0.2) is 5.78 Å². The molecule has 0 amide bonds. The normalized spacial score (nSPS) is 17.1. The molecule has 1 heteroatoms. The first-order valence-corrected chi connectivity index (χ1v) is 14.0. The first-order chi connectivity index (χ1) is 17.7. The molecule has 3 aromatic carbocycles. The molecule has 0 spiro atoms. The highest BCUT2D eigenvalue weighted by molar-refractivity contribution is 6.09. The minimum Gasteiger partial charge on any atom is -0.289 e. The van der Waals surface area contributed by atoms with E-state index in [1.54, 1.807) is 0 Å². The molecule has 194 valence electrons. The Kier molecular flexibility index (Phi) is 10.3. The van der Waals surface area contributed by atoms with E-state index in [9.17, 15) is 4.79 Å². The van der Waals surface area contributed by atoms with Crippen molar-refractivity contribution in [3.63, 3.8) is 0 Å². The molecule has 0 N–H and O–H groups in total. The molecule has 1 nitrogen and oxygen atoms in total. The van der Waals surface area contributed by atoms with Gasteiger partial charge in [0.05, 0.1) is 0 Å². The Morgan fingerprint density at radius 3 is 1.95 bits per heavy atom. The number of aryl methyl sites for hydroxylation is 1. The van der Waals surface area contributed by atoms with Gasteiger partial charge in [-0.3, -0.25) is 4.79 Å². The Hall–Kier alpha value is -3.11. The topological polar surface area (TPSA) is 17.1 Å². The average Bonchev–Trinajstić information content (AvgIpc) is 2.92. The number of hydrogen-bond acceptors (Lipinski definition) is 1. The SMILES string of the molecule is CCC1CCCC(CC)C1.Cc1ccc(C(=O)c2cccc(C#Cc3ccc(C(C)(C)C)cc3)c2)cc1. The van der Waals surface area contributed by atoms with E-state index in [1.165, 1.54) is 44.1 Å². The molecule has 3 aromatic rings. The van der Waals surface area contributed by atoms with Crippen molar-refractivity contribution in [3.05, 3.63) is 106 Å². The van der Waals surface area contributed by atoms with E-state index in [0.717, 1.165) is 28.5 Å². The van der Waals surface area contributed by atoms with Crippen molar-refractivity contribution >= 4 is 5.78 Å². The number of carbonyl (C=O) groups excluding carboxylic acids is 1. The minimum atomic E-state index is 0.0215. The summed E-state index contributed by atoms with van der Waals surface area (Å²) in [5.41, 5.74) is 5.74. The Morgan fingerprint density at radius 1 is 0.784 bits per heavy atom. The monoisotopic (exact) mass is 492 g/mol. The summed E-state index contributed by atoms with van der Waals surface area (Å²) in [5, 5.41) is 0. The second-order valence-corrected chi connectivity index (χ2v) is 11.6. The molecule has 2 atom stereocenters. The van der Waals surface area contributed by atoms with Crippen LogP contribution >= 0.6 is 0 Å². The molecule has 2 unspecified atom stereocenters. The number of ketones is 1. The van der Waals surface area contributed by atoms with Crippen molar-refractivity contribution in [2.45, 2.75) is 85.5 Å². The molecule has 1 aliphatic carbocycles. The summed E-state index contributed by atoms with van der Waals surface area (Å²) in [5.74, 6) is 8.52. The fourth-order valence-electron chi connectivity index (χ4n) is 4.95. The highest BCUT2D eigenvalue weighted by atomic mass is 16.1. The molecule has 1 aliphatic rings.